The molecule has 0 aliphatic carbocycles. The first kappa shape index (κ1) is 29.6. The molecule has 0 radical (unpaired) electrons. The number of quaternary nitrogens is 1. The van der Waals surface area contributed by atoms with Gasteiger partial charge in [0.2, 0.25) is 0 Å². The van der Waals surface area contributed by atoms with Gasteiger partial charge in [0.25, 0.3) is 5.91 Å². The largest absolute Gasteiger partial charge is 0.329 e. The molecule has 2 N–H and O–H groups in total. The Labute approximate surface area is 204 Å². The van der Waals surface area contributed by atoms with Gasteiger partial charge in [-0.05, 0) is 12.0 Å². The van der Waals surface area contributed by atoms with E-state index >= 15 is 0 Å². The molecular formula is C28H52N3O2+. The third-order valence-corrected chi connectivity index (χ3v) is 6.14. The molecule has 0 aliphatic rings. The van der Waals surface area contributed by atoms with Crippen molar-refractivity contribution in [1.82, 2.24) is 5.06 Å². The van der Waals surface area contributed by atoms with Gasteiger partial charge in [-0.25, -0.2) is 5.06 Å². The minimum atomic E-state index is -0.489. The van der Waals surface area contributed by atoms with Crippen LogP contribution in [0.15, 0.2) is 30.3 Å². The molecule has 0 saturated heterocycles. The first-order chi connectivity index (χ1) is 15.8. The monoisotopic (exact) mass is 462 g/mol. The number of rotatable bonds is 20. The molecule has 33 heavy (non-hydrogen) atoms. The van der Waals surface area contributed by atoms with E-state index in [-0.39, 0.29) is 5.91 Å². The highest BCUT2D eigenvalue weighted by atomic mass is 16.7. The highest BCUT2D eigenvalue weighted by Gasteiger charge is 2.24. The Bertz CT molecular complexity index is 601. The van der Waals surface area contributed by atoms with Crippen LogP contribution in [0.1, 0.15) is 96.0 Å². The van der Waals surface area contributed by atoms with Gasteiger partial charge in [0.15, 0.2) is 0 Å². The fourth-order valence-electron chi connectivity index (χ4n) is 3.87. The second-order valence-corrected chi connectivity index (χ2v) is 10.5. The van der Waals surface area contributed by atoms with Gasteiger partial charge in [0.05, 0.1) is 40.3 Å². The predicted octanol–water partition coefficient (Wildman–Crippen LogP) is 6.07. The Morgan fingerprint density at radius 2 is 1.39 bits per heavy atom. The van der Waals surface area contributed by atoms with Crippen molar-refractivity contribution in [2.75, 3.05) is 34.2 Å². The van der Waals surface area contributed by atoms with Crippen LogP contribution in [0.4, 0.5) is 0 Å². The number of unbranched alkanes of at least 4 members (excludes halogenated alkanes) is 11. The van der Waals surface area contributed by atoms with Crippen molar-refractivity contribution in [2.45, 2.75) is 103 Å². The average molecular weight is 463 g/mol. The van der Waals surface area contributed by atoms with Crippen LogP contribution in [0.3, 0.4) is 0 Å². The molecule has 1 amide bonds. The third-order valence-electron chi connectivity index (χ3n) is 6.14. The van der Waals surface area contributed by atoms with Gasteiger partial charge in [-0.1, -0.05) is 114 Å². The highest BCUT2D eigenvalue weighted by Crippen LogP contribution is 2.14. The number of benzene rings is 1. The summed E-state index contributed by atoms with van der Waals surface area (Å²) in [6.45, 7) is 4.01. The van der Waals surface area contributed by atoms with Crippen LogP contribution in [0, 0.1) is 0 Å². The number of hydroxylamine groups is 2. The van der Waals surface area contributed by atoms with Crippen LogP contribution in [-0.4, -0.2) is 55.7 Å². The standard InChI is InChI=1S/C28H52N3O2/c1-5-6-7-8-9-10-11-12-13-14-15-19-22-27(29)28(32)30(23-24-31(2,3)4)33-25-26-20-17-16-18-21-26/h16-18,20-21,27H,5-15,19,22-25,29H2,1-4H3/q+1. The Hall–Kier alpha value is -1.43. The van der Waals surface area contributed by atoms with Crippen molar-refractivity contribution >= 4 is 5.91 Å². The lowest BCUT2D eigenvalue weighted by molar-refractivity contribution is -0.870. The maximum atomic E-state index is 13.0. The van der Waals surface area contributed by atoms with E-state index in [4.69, 9.17) is 10.6 Å². The summed E-state index contributed by atoms with van der Waals surface area (Å²) in [5.74, 6) is -0.0949. The first-order valence-corrected chi connectivity index (χ1v) is 13.4. The Morgan fingerprint density at radius 3 is 1.91 bits per heavy atom. The minimum absolute atomic E-state index is 0.0949. The summed E-state index contributed by atoms with van der Waals surface area (Å²) < 4.78 is 0.770. The summed E-state index contributed by atoms with van der Waals surface area (Å²) in [6, 6.07) is 9.47. The molecule has 1 aromatic carbocycles. The molecule has 190 valence electrons. The van der Waals surface area contributed by atoms with Crippen LogP contribution in [0.5, 0.6) is 0 Å². The van der Waals surface area contributed by atoms with E-state index in [2.05, 4.69) is 28.1 Å². The summed E-state index contributed by atoms with van der Waals surface area (Å²) in [6.07, 6.45) is 16.4. The van der Waals surface area contributed by atoms with Crippen LogP contribution in [0.25, 0.3) is 0 Å². The summed E-state index contributed by atoms with van der Waals surface area (Å²) in [5, 5.41) is 1.50. The van der Waals surface area contributed by atoms with Crippen LogP contribution >= 0.6 is 0 Å². The van der Waals surface area contributed by atoms with Crippen molar-refractivity contribution in [3.8, 4) is 0 Å². The first-order valence-electron chi connectivity index (χ1n) is 13.4. The van der Waals surface area contributed by atoms with E-state index in [0.717, 1.165) is 35.9 Å². The molecule has 0 spiro atoms. The van der Waals surface area contributed by atoms with Crippen molar-refractivity contribution < 1.29 is 14.1 Å². The van der Waals surface area contributed by atoms with E-state index in [1.807, 2.05) is 30.3 Å². The number of carbonyl (C=O) groups is 1. The molecule has 5 heteroatoms. The molecule has 0 aromatic heterocycles. The second-order valence-electron chi connectivity index (χ2n) is 10.5. The van der Waals surface area contributed by atoms with Crippen LogP contribution in [-0.2, 0) is 16.2 Å². The molecule has 0 heterocycles. The van der Waals surface area contributed by atoms with Crippen molar-refractivity contribution in [2.24, 2.45) is 5.73 Å². The fraction of sp³-hybridized carbons (Fsp3) is 0.750. The van der Waals surface area contributed by atoms with Gasteiger partial charge in [0, 0.05) is 0 Å². The quantitative estimate of drug-likeness (QED) is 0.145. The number of amides is 1. The Kier molecular flexibility index (Phi) is 16.1. The zero-order valence-corrected chi connectivity index (χ0v) is 22.1. The van der Waals surface area contributed by atoms with Gasteiger partial charge in [0.1, 0.15) is 6.61 Å². The Balaban J connectivity index is 2.26. The normalized spacial score (nSPS) is 12.6. The number of hydrogen-bond donors (Lipinski definition) is 1. The SMILES string of the molecule is CCCCCCCCCCCCCCC(N)C(=O)N(CC[N+](C)(C)C)OCc1ccccc1. The fourth-order valence-corrected chi connectivity index (χ4v) is 3.87. The van der Waals surface area contributed by atoms with E-state index in [1.54, 1.807) is 0 Å². The predicted molar refractivity (Wildman–Crippen MR) is 140 cm³/mol. The van der Waals surface area contributed by atoms with Crippen LogP contribution in [0.2, 0.25) is 0 Å². The maximum absolute atomic E-state index is 13.0. The molecule has 0 saturated carbocycles. The lowest BCUT2D eigenvalue weighted by atomic mass is 10.0. The summed E-state index contributed by atoms with van der Waals surface area (Å²) in [4.78, 5) is 18.9. The van der Waals surface area contributed by atoms with E-state index in [9.17, 15) is 4.79 Å². The van der Waals surface area contributed by atoms with Gasteiger partial charge in [-0.3, -0.25) is 9.63 Å². The number of nitrogens with two attached hydrogens (primary N) is 1. The number of likely N-dealkylation sites (N-methyl/N-ethyl adjacent to an activating group) is 1. The zero-order valence-electron chi connectivity index (χ0n) is 22.1. The molecule has 5 nitrogen and oxygen atoms in total. The van der Waals surface area contributed by atoms with Gasteiger partial charge < -0.3 is 10.2 Å². The van der Waals surface area contributed by atoms with E-state index in [1.165, 1.54) is 69.3 Å². The molecule has 1 rings (SSSR count). The topological polar surface area (TPSA) is 55.6 Å². The molecular weight excluding hydrogens is 410 g/mol. The smallest absolute Gasteiger partial charge is 0.263 e. The third kappa shape index (κ3) is 15.9. The summed E-state index contributed by atoms with van der Waals surface area (Å²) in [5.41, 5.74) is 7.33. The van der Waals surface area contributed by atoms with E-state index < -0.39 is 6.04 Å². The molecule has 1 aromatic rings. The van der Waals surface area contributed by atoms with Crippen molar-refractivity contribution in [3.05, 3.63) is 35.9 Å². The lowest BCUT2D eigenvalue weighted by Crippen LogP contribution is -2.48. The van der Waals surface area contributed by atoms with E-state index in [0.29, 0.717) is 13.2 Å². The highest BCUT2D eigenvalue weighted by molar-refractivity contribution is 5.80. The number of hydrogen-bond acceptors (Lipinski definition) is 3. The summed E-state index contributed by atoms with van der Waals surface area (Å²) >= 11 is 0. The lowest BCUT2D eigenvalue weighted by Gasteiger charge is -2.29. The molecule has 0 fully saturated rings. The van der Waals surface area contributed by atoms with Gasteiger partial charge in [-0.15, -0.1) is 0 Å². The molecule has 0 bridgehead atoms. The van der Waals surface area contributed by atoms with Gasteiger partial charge >= 0.3 is 0 Å². The average Bonchev–Trinajstić information content (AvgIpc) is 2.79. The number of carbonyl (C=O) groups excluding carboxylic acids is 1. The molecule has 1 atom stereocenters. The summed E-state index contributed by atoms with van der Waals surface area (Å²) in [7, 11) is 6.35. The molecule has 0 aliphatic heterocycles. The number of nitrogens with zero attached hydrogens (tertiary/aromatic N) is 2. The van der Waals surface area contributed by atoms with Crippen molar-refractivity contribution in [3.63, 3.8) is 0 Å². The zero-order chi connectivity index (χ0) is 24.4. The van der Waals surface area contributed by atoms with Crippen molar-refractivity contribution in [1.29, 1.82) is 0 Å². The van der Waals surface area contributed by atoms with Gasteiger partial charge in [-0.2, -0.15) is 0 Å². The minimum Gasteiger partial charge on any atom is -0.329 e. The maximum Gasteiger partial charge on any atom is 0.263 e. The molecule has 1 unspecified atom stereocenters. The van der Waals surface area contributed by atoms with Crippen LogP contribution < -0.4 is 5.73 Å². The second kappa shape index (κ2) is 18.0. The Morgan fingerprint density at radius 1 is 0.879 bits per heavy atom.